The number of carbonyl (C=O) groups excluding carboxylic acids is 2. The van der Waals surface area contributed by atoms with Gasteiger partial charge in [-0.1, -0.05) is 36.0 Å². The molecule has 2 N–H and O–H groups in total. The van der Waals surface area contributed by atoms with Crippen LogP contribution in [0.25, 0.3) is 22.0 Å². The van der Waals surface area contributed by atoms with Crippen LogP contribution in [0.4, 0.5) is 4.39 Å². The first-order chi connectivity index (χ1) is 14.9. The summed E-state index contributed by atoms with van der Waals surface area (Å²) >= 11 is 1.37. The Morgan fingerprint density at radius 1 is 1.06 bits per heavy atom. The highest BCUT2D eigenvalue weighted by Gasteiger charge is 2.29. The van der Waals surface area contributed by atoms with Crippen LogP contribution in [0.1, 0.15) is 19.8 Å². The van der Waals surface area contributed by atoms with Crippen LogP contribution in [0.2, 0.25) is 0 Å². The van der Waals surface area contributed by atoms with Crippen molar-refractivity contribution >= 4 is 34.3 Å². The van der Waals surface area contributed by atoms with Crippen LogP contribution in [0.15, 0.2) is 53.6 Å². The molecule has 6 nitrogen and oxygen atoms in total. The molecule has 160 valence electrons. The molecule has 31 heavy (non-hydrogen) atoms. The predicted octanol–water partition coefficient (Wildman–Crippen LogP) is 3.64. The van der Waals surface area contributed by atoms with Crippen LogP contribution in [-0.4, -0.2) is 45.3 Å². The number of hydrogen-bond acceptors (Lipinski definition) is 5. The highest BCUT2D eigenvalue weighted by atomic mass is 32.2. The molecule has 1 saturated heterocycles. The molecule has 0 aliphatic carbocycles. The minimum atomic E-state index is -0.348. The van der Waals surface area contributed by atoms with E-state index in [1.807, 2.05) is 31.2 Å². The maximum absolute atomic E-state index is 13.3. The maximum Gasteiger partial charge on any atom is 0.235 e. The SMILES string of the molecule is CC(Sc1nnc(-c2ccc(F)cc2)c2ccccc12)C(=O)N1CCC(C(N)=O)CC1. The molecule has 0 radical (unpaired) electrons. The Bertz CT molecular complexity index is 1110. The van der Waals surface area contributed by atoms with Crippen molar-refractivity contribution < 1.29 is 14.0 Å². The fraction of sp³-hybridized carbons (Fsp3) is 0.304. The number of thioether (sulfide) groups is 1. The van der Waals surface area contributed by atoms with Crippen LogP contribution in [0.5, 0.6) is 0 Å². The Labute approximate surface area is 184 Å². The van der Waals surface area contributed by atoms with Crippen molar-refractivity contribution in [3.05, 3.63) is 54.3 Å². The van der Waals surface area contributed by atoms with Crippen LogP contribution in [0.3, 0.4) is 0 Å². The minimum absolute atomic E-state index is 0.0152. The number of hydrogen-bond donors (Lipinski definition) is 1. The molecule has 1 atom stereocenters. The molecule has 2 amide bonds. The monoisotopic (exact) mass is 438 g/mol. The highest BCUT2D eigenvalue weighted by Crippen LogP contribution is 2.34. The molecule has 8 heteroatoms. The molecule has 0 spiro atoms. The molecule has 0 bridgehead atoms. The zero-order valence-corrected chi connectivity index (χ0v) is 17.9. The van der Waals surface area contributed by atoms with Crippen molar-refractivity contribution in [3.63, 3.8) is 0 Å². The van der Waals surface area contributed by atoms with Gasteiger partial charge in [-0.2, -0.15) is 0 Å². The van der Waals surface area contributed by atoms with Crippen LogP contribution < -0.4 is 5.73 Å². The van der Waals surface area contributed by atoms with E-state index in [9.17, 15) is 14.0 Å². The summed E-state index contributed by atoms with van der Waals surface area (Å²) in [5, 5.41) is 10.9. The average Bonchev–Trinajstić information content (AvgIpc) is 2.79. The Kier molecular flexibility index (Phi) is 6.18. The number of piperidine rings is 1. The summed E-state index contributed by atoms with van der Waals surface area (Å²) in [6.45, 7) is 2.93. The summed E-state index contributed by atoms with van der Waals surface area (Å²) in [5.41, 5.74) is 6.84. The first-order valence-electron chi connectivity index (χ1n) is 10.2. The predicted molar refractivity (Wildman–Crippen MR) is 119 cm³/mol. The summed E-state index contributed by atoms with van der Waals surface area (Å²) in [7, 11) is 0. The van der Waals surface area contributed by atoms with E-state index in [2.05, 4.69) is 10.2 Å². The lowest BCUT2D eigenvalue weighted by Crippen LogP contribution is -2.44. The number of rotatable bonds is 5. The smallest absolute Gasteiger partial charge is 0.235 e. The van der Waals surface area contributed by atoms with Crippen molar-refractivity contribution in [1.82, 2.24) is 15.1 Å². The third-order valence-electron chi connectivity index (χ3n) is 5.62. The number of fused-ring (bicyclic) bond motifs is 1. The summed E-state index contributed by atoms with van der Waals surface area (Å²) in [5.74, 6) is -0.736. The number of nitrogens with two attached hydrogens (primary N) is 1. The van der Waals surface area contributed by atoms with Crippen molar-refractivity contribution in [2.24, 2.45) is 11.7 Å². The topological polar surface area (TPSA) is 89.2 Å². The number of halogens is 1. The molecule has 2 heterocycles. The first kappa shape index (κ1) is 21.2. The van der Waals surface area contributed by atoms with Crippen LogP contribution >= 0.6 is 11.8 Å². The van der Waals surface area contributed by atoms with E-state index < -0.39 is 0 Å². The van der Waals surface area contributed by atoms with Gasteiger partial charge in [0.1, 0.15) is 16.5 Å². The second-order valence-corrected chi connectivity index (χ2v) is 9.00. The number of benzene rings is 2. The zero-order chi connectivity index (χ0) is 22.0. The number of amides is 2. The molecule has 4 rings (SSSR count). The van der Waals surface area contributed by atoms with E-state index in [1.54, 1.807) is 17.0 Å². The summed E-state index contributed by atoms with van der Waals surface area (Å²) in [6.07, 6.45) is 1.21. The van der Waals surface area contributed by atoms with E-state index in [4.69, 9.17) is 5.73 Å². The highest BCUT2D eigenvalue weighted by molar-refractivity contribution is 8.00. The largest absolute Gasteiger partial charge is 0.369 e. The summed E-state index contributed by atoms with van der Waals surface area (Å²) in [6, 6.07) is 13.9. The van der Waals surface area contributed by atoms with Gasteiger partial charge in [0.15, 0.2) is 0 Å². The maximum atomic E-state index is 13.3. The van der Waals surface area contributed by atoms with Gasteiger partial charge >= 0.3 is 0 Å². The first-order valence-corrected chi connectivity index (χ1v) is 11.1. The Morgan fingerprint density at radius 2 is 1.71 bits per heavy atom. The molecule has 1 aromatic heterocycles. The second-order valence-electron chi connectivity index (χ2n) is 7.67. The van der Waals surface area contributed by atoms with Gasteiger partial charge in [-0.25, -0.2) is 4.39 Å². The van der Waals surface area contributed by atoms with Gasteiger partial charge in [-0.05, 0) is 44.0 Å². The molecular formula is C23H23FN4O2S. The lowest BCUT2D eigenvalue weighted by molar-refractivity contribution is -0.134. The molecule has 0 saturated carbocycles. The van der Waals surface area contributed by atoms with Crippen LogP contribution in [-0.2, 0) is 9.59 Å². The summed E-state index contributed by atoms with van der Waals surface area (Å²) in [4.78, 5) is 26.1. The lowest BCUT2D eigenvalue weighted by Gasteiger charge is -2.32. The van der Waals surface area contributed by atoms with Crippen molar-refractivity contribution in [2.75, 3.05) is 13.1 Å². The van der Waals surface area contributed by atoms with E-state index in [1.165, 1.54) is 23.9 Å². The van der Waals surface area contributed by atoms with Gasteiger partial charge < -0.3 is 10.6 Å². The van der Waals surface area contributed by atoms with Crippen molar-refractivity contribution in [3.8, 4) is 11.3 Å². The van der Waals surface area contributed by atoms with Gasteiger partial charge in [0.2, 0.25) is 11.8 Å². The Balaban J connectivity index is 1.55. The molecular weight excluding hydrogens is 415 g/mol. The van der Waals surface area contributed by atoms with Gasteiger partial charge in [0.05, 0.1) is 5.25 Å². The lowest BCUT2D eigenvalue weighted by atomic mass is 9.96. The van der Waals surface area contributed by atoms with Crippen molar-refractivity contribution in [2.45, 2.75) is 30.0 Å². The third-order valence-corrected chi connectivity index (χ3v) is 6.70. The number of primary amides is 1. The normalized spacial score (nSPS) is 15.7. The molecule has 1 unspecified atom stereocenters. The zero-order valence-electron chi connectivity index (χ0n) is 17.1. The Hall–Kier alpha value is -3.00. The fourth-order valence-electron chi connectivity index (χ4n) is 3.85. The van der Waals surface area contributed by atoms with Gasteiger partial charge in [-0.15, -0.1) is 10.2 Å². The molecule has 2 aromatic carbocycles. The number of carbonyl (C=O) groups is 2. The van der Waals surface area contributed by atoms with Gasteiger partial charge in [0, 0.05) is 35.3 Å². The van der Waals surface area contributed by atoms with Gasteiger partial charge in [-0.3, -0.25) is 9.59 Å². The van der Waals surface area contributed by atoms with E-state index in [-0.39, 0.29) is 28.8 Å². The Morgan fingerprint density at radius 3 is 2.35 bits per heavy atom. The number of likely N-dealkylation sites (tertiary alicyclic amines) is 1. The number of nitrogens with zero attached hydrogens (tertiary/aromatic N) is 3. The van der Waals surface area contributed by atoms with Crippen molar-refractivity contribution in [1.29, 1.82) is 0 Å². The average molecular weight is 439 g/mol. The fourth-order valence-corrected chi connectivity index (χ4v) is 4.82. The third kappa shape index (κ3) is 4.54. The molecule has 3 aromatic rings. The molecule has 1 aliphatic rings. The standard InChI is InChI=1S/C23H23FN4O2S/c1-14(23(30)28-12-10-16(11-13-28)21(25)29)31-22-19-5-3-2-4-18(19)20(26-27-22)15-6-8-17(24)9-7-15/h2-9,14,16H,10-13H2,1H3,(H2,25,29). The number of aromatic nitrogens is 2. The summed E-state index contributed by atoms with van der Waals surface area (Å²) < 4.78 is 13.3. The van der Waals surface area contributed by atoms with E-state index in [0.717, 1.165) is 16.3 Å². The molecule has 1 aliphatic heterocycles. The second kappa shape index (κ2) is 9.01. The minimum Gasteiger partial charge on any atom is -0.369 e. The van der Waals surface area contributed by atoms with E-state index >= 15 is 0 Å². The molecule has 1 fully saturated rings. The van der Waals surface area contributed by atoms with E-state index in [0.29, 0.717) is 36.7 Å². The van der Waals surface area contributed by atoms with Crippen LogP contribution in [0, 0.1) is 11.7 Å². The quantitative estimate of drug-likeness (QED) is 0.615. The van der Waals surface area contributed by atoms with Gasteiger partial charge in [0.25, 0.3) is 0 Å².